The number of hydrogen-bond acceptors (Lipinski definition) is 4. The van der Waals surface area contributed by atoms with E-state index in [4.69, 9.17) is 4.99 Å². The Morgan fingerprint density at radius 3 is 2.56 bits per heavy atom. The molecule has 3 rings (SSSR count). The number of aryl methyl sites for hydroxylation is 1. The van der Waals surface area contributed by atoms with Crippen LogP contribution >= 0.6 is 24.0 Å². The zero-order valence-electron chi connectivity index (χ0n) is 19.4. The fourth-order valence-electron chi connectivity index (χ4n) is 3.79. The lowest BCUT2D eigenvalue weighted by Crippen LogP contribution is -2.46. The molecule has 1 aromatic carbocycles. The molecule has 0 atom stereocenters. The summed E-state index contributed by atoms with van der Waals surface area (Å²) in [7, 11) is 0. The third-order valence-corrected chi connectivity index (χ3v) is 5.71. The number of pyridine rings is 1. The first-order valence-electron chi connectivity index (χ1n) is 11.3. The number of halogens is 2. The second-order valence-corrected chi connectivity index (χ2v) is 7.89. The summed E-state index contributed by atoms with van der Waals surface area (Å²) in [5.74, 6) is 1.64. The van der Waals surface area contributed by atoms with E-state index in [1.165, 1.54) is 6.07 Å². The van der Waals surface area contributed by atoms with Crippen LogP contribution in [0.3, 0.4) is 0 Å². The fourth-order valence-corrected chi connectivity index (χ4v) is 3.79. The van der Waals surface area contributed by atoms with Crippen LogP contribution in [-0.4, -0.2) is 61.7 Å². The number of benzene rings is 1. The second-order valence-electron chi connectivity index (χ2n) is 7.89. The van der Waals surface area contributed by atoms with Gasteiger partial charge in [-0.25, -0.2) is 14.4 Å². The quantitative estimate of drug-likeness (QED) is 0.297. The Kier molecular flexibility index (Phi) is 11.2. The highest BCUT2D eigenvalue weighted by molar-refractivity contribution is 14.0. The molecular formula is C24H36FIN6. The van der Waals surface area contributed by atoms with Gasteiger partial charge < -0.3 is 20.4 Å². The Morgan fingerprint density at radius 1 is 1.09 bits per heavy atom. The van der Waals surface area contributed by atoms with E-state index in [0.717, 1.165) is 80.7 Å². The molecule has 32 heavy (non-hydrogen) atoms. The number of aliphatic imine (C=N–C) groups is 1. The van der Waals surface area contributed by atoms with Crippen molar-refractivity contribution in [3.63, 3.8) is 0 Å². The molecule has 1 fully saturated rings. The van der Waals surface area contributed by atoms with Crippen molar-refractivity contribution in [3.8, 4) is 0 Å². The van der Waals surface area contributed by atoms with E-state index in [-0.39, 0.29) is 29.8 Å². The SMILES string of the molecule is CCNC(=NCc1ccnc(N2CCN(CC)CC2)c1)NCCc1ccc(F)cc1C.I. The van der Waals surface area contributed by atoms with Crippen molar-refractivity contribution in [2.45, 2.75) is 33.7 Å². The predicted molar refractivity (Wildman–Crippen MR) is 142 cm³/mol. The Balaban J connectivity index is 0.00000363. The third-order valence-electron chi connectivity index (χ3n) is 5.71. The number of guanidine groups is 1. The number of anilines is 1. The molecule has 1 saturated heterocycles. The van der Waals surface area contributed by atoms with Crippen LogP contribution in [0.2, 0.25) is 0 Å². The summed E-state index contributed by atoms with van der Waals surface area (Å²) in [6, 6.07) is 9.13. The molecule has 0 amide bonds. The molecule has 0 unspecified atom stereocenters. The Hall–Kier alpha value is -1.94. The lowest BCUT2D eigenvalue weighted by molar-refractivity contribution is 0.270. The molecule has 2 N–H and O–H groups in total. The van der Waals surface area contributed by atoms with Crippen molar-refractivity contribution in [2.24, 2.45) is 4.99 Å². The van der Waals surface area contributed by atoms with Gasteiger partial charge in [0.2, 0.25) is 0 Å². The molecule has 2 aromatic rings. The van der Waals surface area contributed by atoms with Crippen molar-refractivity contribution in [2.75, 3.05) is 50.7 Å². The molecule has 176 valence electrons. The standard InChI is InChI=1S/C24H35FN6.HI/c1-4-26-24(28-11-9-21-6-7-22(25)16-19(21)3)29-18-20-8-10-27-23(17-20)31-14-12-30(5-2)13-15-31;/h6-8,10,16-17H,4-5,9,11-15,18H2,1-3H3,(H2,26,28,29);1H. The van der Waals surface area contributed by atoms with Gasteiger partial charge in [-0.3, -0.25) is 0 Å². The first-order chi connectivity index (χ1) is 15.1. The van der Waals surface area contributed by atoms with Crippen molar-refractivity contribution >= 4 is 35.8 Å². The first-order valence-corrected chi connectivity index (χ1v) is 11.3. The third kappa shape index (κ3) is 7.88. The van der Waals surface area contributed by atoms with E-state index in [0.29, 0.717) is 6.54 Å². The fraction of sp³-hybridized carbons (Fsp3) is 0.500. The smallest absolute Gasteiger partial charge is 0.191 e. The van der Waals surface area contributed by atoms with E-state index >= 15 is 0 Å². The molecular weight excluding hydrogens is 518 g/mol. The molecule has 0 bridgehead atoms. The monoisotopic (exact) mass is 554 g/mol. The van der Waals surface area contributed by atoms with E-state index in [9.17, 15) is 4.39 Å². The van der Waals surface area contributed by atoms with Crippen LogP contribution in [0.25, 0.3) is 0 Å². The molecule has 1 aromatic heterocycles. The summed E-state index contributed by atoms with van der Waals surface area (Å²) in [6.07, 6.45) is 2.70. The van der Waals surface area contributed by atoms with E-state index in [1.807, 2.05) is 25.3 Å². The van der Waals surface area contributed by atoms with Crippen LogP contribution < -0.4 is 15.5 Å². The second kappa shape index (κ2) is 13.6. The Morgan fingerprint density at radius 2 is 1.88 bits per heavy atom. The summed E-state index contributed by atoms with van der Waals surface area (Å²) in [5.41, 5.74) is 3.27. The van der Waals surface area contributed by atoms with Crippen LogP contribution in [0.15, 0.2) is 41.5 Å². The van der Waals surface area contributed by atoms with Gasteiger partial charge in [0.05, 0.1) is 6.54 Å². The minimum absolute atomic E-state index is 0. The lowest BCUT2D eigenvalue weighted by Gasteiger charge is -2.34. The van der Waals surface area contributed by atoms with Gasteiger partial charge >= 0.3 is 0 Å². The largest absolute Gasteiger partial charge is 0.357 e. The molecule has 1 aliphatic rings. The number of hydrogen-bond donors (Lipinski definition) is 2. The predicted octanol–water partition coefficient (Wildman–Crippen LogP) is 3.59. The maximum absolute atomic E-state index is 13.3. The summed E-state index contributed by atoms with van der Waals surface area (Å²) < 4.78 is 13.3. The van der Waals surface area contributed by atoms with Crippen LogP contribution in [0.5, 0.6) is 0 Å². The van der Waals surface area contributed by atoms with Crippen LogP contribution in [0, 0.1) is 12.7 Å². The molecule has 0 aliphatic carbocycles. The van der Waals surface area contributed by atoms with Crippen molar-refractivity contribution < 1.29 is 4.39 Å². The maximum Gasteiger partial charge on any atom is 0.191 e. The molecule has 1 aliphatic heterocycles. The number of aromatic nitrogens is 1. The Bertz CT molecular complexity index is 867. The average Bonchev–Trinajstić information content (AvgIpc) is 2.79. The van der Waals surface area contributed by atoms with Gasteiger partial charge in [-0.05, 0) is 67.8 Å². The zero-order valence-corrected chi connectivity index (χ0v) is 21.7. The Labute approximate surface area is 208 Å². The van der Waals surface area contributed by atoms with Gasteiger partial charge in [0, 0.05) is 45.5 Å². The van der Waals surface area contributed by atoms with Gasteiger partial charge in [0.1, 0.15) is 11.6 Å². The number of rotatable bonds is 8. The number of nitrogens with zero attached hydrogens (tertiary/aromatic N) is 4. The van der Waals surface area contributed by atoms with E-state index in [1.54, 1.807) is 6.07 Å². The summed E-state index contributed by atoms with van der Waals surface area (Å²) in [5, 5.41) is 6.68. The molecule has 2 heterocycles. The van der Waals surface area contributed by atoms with Crippen LogP contribution in [0.1, 0.15) is 30.5 Å². The molecule has 8 heteroatoms. The van der Waals surface area contributed by atoms with Crippen molar-refractivity contribution in [1.29, 1.82) is 0 Å². The zero-order chi connectivity index (χ0) is 22.1. The van der Waals surface area contributed by atoms with Crippen molar-refractivity contribution in [1.82, 2.24) is 20.5 Å². The molecule has 0 radical (unpaired) electrons. The van der Waals surface area contributed by atoms with Crippen LogP contribution in [0.4, 0.5) is 10.2 Å². The van der Waals surface area contributed by atoms with E-state index < -0.39 is 0 Å². The number of nitrogens with one attached hydrogen (secondary N) is 2. The molecule has 0 saturated carbocycles. The van der Waals surface area contributed by atoms with Crippen molar-refractivity contribution in [3.05, 3.63) is 59.0 Å². The highest BCUT2D eigenvalue weighted by atomic mass is 127. The maximum atomic E-state index is 13.3. The number of likely N-dealkylation sites (N-methyl/N-ethyl adjacent to an activating group) is 1. The normalized spacial score (nSPS) is 14.8. The highest BCUT2D eigenvalue weighted by Crippen LogP contribution is 2.16. The topological polar surface area (TPSA) is 55.8 Å². The summed E-state index contributed by atoms with van der Waals surface area (Å²) in [6.45, 7) is 13.6. The van der Waals surface area contributed by atoms with Crippen LogP contribution in [-0.2, 0) is 13.0 Å². The molecule has 0 spiro atoms. The van der Waals surface area contributed by atoms with Gasteiger partial charge in [0.25, 0.3) is 0 Å². The summed E-state index contributed by atoms with van der Waals surface area (Å²) >= 11 is 0. The lowest BCUT2D eigenvalue weighted by atomic mass is 10.1. The molecule has 6 nitrogen and oxygen atoms in total. The van der Waals surface area contributed by atoms with Gasteiger partial charge in [0.15, 0.2) is 5.96 Å². The highest BCUT2D eigenvalue weighted by Gasteiger charge is 2.16. The minimum atomic E-state index is -0.187. The summed E-state index contributed by atoms with van der Waals surface area (Å²) in [4.78, 5) is 14.1. The number of piperazine rings is 1. The van der Waals surface area contributed by atoms with Gasteiger partial charge in [-0.1, -0.05) is 13.0 Å². The van der Waals surface area contributed by atoms with Gasteiger partial charge in [-0.15, -0.1) is 24.0 Å². The first kappa shape index (κ1) is 26.3. The van der Waals surface area contributed by atoms with Gasteiger partial charge in [-0.2, -0.15) is 0 Å². The minimum Gasteiger partial charge on any atom is -0.357 e. The average molecular weight is 554 g/mol. The van der Waals surface area contributed by atoms with E-state index in [2.05, 4.69) is 45.3 Å².